The van der Waals surface area contributed by atoms with Crippen molar-refractivity contribution in [1.82, 2.24) is 9.55 Å². The number of nitrogens with zero attached hydrogens (tertiary/aromatic N) is 3. The number of ether oxygens (including phenoxy) is 1. The average Bonchev–Trinajstić information content (AvgIpc) is 3.20. The van der Waals surface area contributed by atoms with Crippen molar-refractivity contribution in [3.63, 3.8) is 0 Å². The van der Waals surface area contributed by atoms with Crippen LogP contribution in [0.1, 0.15) is 25.8 Å². The highest BCUT2D eigenvalue weighted by atomic mass is 16.5. The highest BCUT2D eigenvalue weighted by Crippen LogP contribution is 2.33. The molecule has 18 heavy (non-hydrogen) atoms. The monoisotopic (exact) mass is 251 g/mol. The molecule has 1 aliphatic carbocycles. The highest BCUT2D eigenvalue weighted by Gasteiger charge is 2.26. The van der Waals surface area contributed by atoms with Crippen LogP contribution in [-0.2, 0) is 9.53 Å². The number of aromatic nitrogens is 2. The third-order valence-corrected chi connectivity index (χ3v) is 3.02. The van der Waals surface area contributed by atoms with Crippen molar-refractivity contribution in [1.29, 1.82) is 0 Å². The molecule has 0 atom stereocenters. The molecule has 0 spiro atoms. The Morgan fingerprint density at radius 2 is 2.33 bits per heavy atom. The Bertz CT molecular complexity index is 494. The number of methoxy groups -OCH3 is 1. The average molecular weight is 251 g/mol. The van der Waals surface area contributed by atoms with Crippen LogP contribution in [0, 0.1) is 0 Å². The van der Waals surface area contributed by atoms with Gasteiger partial charge in [-0.25, -0.2) is 4.98 Å². The van der Waals surface area contributed by atoms with E-state index in [-0.39, 0.29) is 18.1 Å². The van der Waals surface area contributed by atoms with Crippen LogP contribution in [0.25, 0.3) is 0 Å². The summed E-state index contributed by atoms with van der Waals surface area (Å²) in [5, 5.41) is 0. The van der Waals surface area contributed by atoms with Crippen LogP contribution in [0.2, 0.25) is 0 Å². The summed E-state index contributed by atoms with van der Waals surface area (Å²) in [5.74, 6) is -0.0582. The Morgan fingerprint density at radius 3 is 2.89 bits per heavy atom. The van der Waals surface area contributed by atoms with Crippen molar-refractivity contribution < 1.29 is 9.53 Å². The minimum atomic E-state index is -0.375. The minimum Gasteiger partial charge on any atom is -0.468 e. The number of carbonyl (C=O) groups is 1. The molecule has 0 saturated heterocycles. The van der Waals surface area contributed by atoms with E-state index in [4.69, 9.17) is 0 Å². The maximum Gasteiger partial charge on any atom is 0.325 e. The minimum absolute atomic E-state index is 0.0456. The van der Waals surface area contributed by atoms with E-state index >= 15 is 0 Å². The number of anilines is 1. The first kappa shape index (κ1) is 12.6. The maximum atomic E-state index is 12.2. The van der Waals surface area contributed by atoms with Crippen molar-refractivity contribution in [3.8, 4) is 0 Å². The van der Waals surface area contributed by atoms with E-state index in [1.807, 2.05) is 6.92 Å². The molecule has 1 fully saturated rings. The predicted molar refractivity (Wildman–Crippen MR) is 66.7 cm³/mol. The zero-order valence-corrected chi connectivity index (χ0v) is 10.6. The van der Waals surface area contributed by atoms with Gasteiger partial charge < -0.3 is 14.2 Å². The van der Waals surface area contributed by atoms with Gasteiger partial charge in [0.25, 0.3) is 5.56 Å². The molecule has 2 rings (SSSR count). The van der Waals surface area contributed by atoms with E-state index < -0.39 is 0 Å². The molecule has 1 aromatic rings. The molecule has 0 bridgehead atoms. The van der Waals surface area contributed by atoms with E-state index in [1.54, 1.807) is 21.9 Å². The summed E-state index contributed by atoms with van der Waals surface area (Å²) in [6.45, 7) is 2.45. The Balaban J connectivity index is 2.27. The lowest BCUT2D eigenvalue weighted by molar-refractivity contribution is -0.138. The fraction of sp³-hybridized carbons (Fsp3) is 0.583. The van der Waals surface area contributed by atoms with Gasteiger partial charge in [-0.1, -0.05) is 0 Å². The van der Waals surface area contributed by atoms with Crippen molar-refractivity contribution in [2.75, 3.05) is 25.1 Å². The second kappa shape index (κ2) is 5.20. The largest absolute Gasteiger partial charge is 0.468 e. The SMILES string of the molecule is CCN(CC(=O)OC)c1nccn(C2CC2)c1=O. The summed E-state index contributed by atoms with van der Waals surface area (Å²) in [4.78, 5) is 29.2. The summed E-state index contributed by atoms with van der Waals surface area (Å²) in [7, 11) is 1.33. The number of esters is 1. The van der Waals surface area contributed by atoms with Crippen LogP contribution in [0.5, 0.6) is 0 Å². The van der Waals surface area contributed by atoms with Crippen LogP contribution in [0.4, 0.5) is 5.82 Å². The Hall–Kier alpha value is -1.85. The molecule has 0 aromatic carbocycles. The van der Waals surface area contributed by atoms with Crippen LogP contribution in [0.3, 0.4) is 0 Å². The zero-order valence-electron chi connectivity index (χ0n) is 10.6. The molecular formula is C12H17N3O3. The quantitative estimate of drug-likeness (QED) is 0.716. The first-order chi connectivity index (χ1) is 8.67. The Morgan fingerprint density at radius 1 is 1.61 bits per heavy atom. The van der Waals surface area contributed by atoms with Crippen LogP contribution < -0.4 is 10.5 Å². The summed E-state index contributed by atoms with van der Waals surface area (Å²) in [5.41, 5.74) is -0.134. The summed E-state index contributed by atoms with van der Waals surface area (Å²) >= 11 is 0. The molecule has 0 amide bonds. The normalized spacial score (nSPS) is 14.3. The van der Waals surface area contributed by atoms with E-state index in [9.17, 15) is 9.59 Å². The van der Waals surface area contributed by atoms with Crippen LogP contribution in [-0.4, -0.2) is 35.7 Å². The van der Waals surface area contributed by atoms with Gasteiger partial charge in [-0.3, -0.25) is 9.59 Å². The first-order valence-electron chi connectivity index (χ1n) is 6.06. The predicted octanol–water partition coefficient (Wildman–Crippen LogP) is 0.577. The van der Waals surface area contributed by atoms with Gasteiger partial charge in [0.15, 0.2) is 5.82 Å². The molecule has 0 N–H and O–H groups in total. The van der Waals surface area contributed by atoms with Crippen molar-refractivity contribution in [3.05, 3.63) is 22.7 Å². The third kappa shape index (κ3) is 2.52. The van der Waals surface area contributed by atoms with E-state index in [0.717, 1.165) is 12.8 Å². The lowest BCUT2D eigenvalue weighted by atomic mass is 10.4. The smallest absolute Gasteiger partial charge is 0.325 e. The summed E-state index contributed by atoms with van der Waals surface area (Å²) in [6.07, 6.45) is 5.38. The standard InChI is InChI=1S/C12H17N3O3/c1-3-14(8-10(16)18-2)11-12(17)15(7-6-13-11)9-4-5-9/h6-7,9H,3-5,8H2,1-2H3. The molecule has 0 radical (unpaired) electrons. The topological polar surface area (TPSA) is 64.4 Å². The molecule has 6 nitrogen and oxygen atoms in total. The summed E-state index contributed by atoms with van der Waals surface area (Å²) < 4.78 is 6.31. The van der Waals surface area contributed by atoms with Gasteiger partial charge in [-0.2, -0.15) is 0 Å². The molecule has 0 unspecified atom stereocenters. The Kier molecular flexibility index (Phi) is 3.64. The Labute approximate surface area is 105 Å². The lowest BCUT2D eigenvalue weighted by Crippen LogP contribution is -2.37. The summed E-state index contributed by atoms with van der Waals surface area (Å²) in [6, 6.07) is 0.302. The number of rotatable bonds is 5. The highest BCUT2D eigenvalue weighted by molar-refractivity contribution is 5.75. The number of hydrogen-bond donors (Lipinski definition) is 0. The first-order valence-corrected chi connectivity index (χ1v) is 6.06. The van der Waals surface area contributed by atoms with Gasteiger partial charge in [0.1, 0.15) is 6.54 Å². The van der Waals surface area contributed by atoms with Crippen LogP contribution >= 0.6 is 0 Å². The van der Waals surface area contributed by atoms with Gasteiger partial charge in [0.2, 0.25) is 0 Å². The second-order valence-corrected chi connectivity index (χ2v) is 4.28. The van der Waals surface area contributed by atoms with E-state index in [2.05, 4.69) is 9.72 Å². The zero-order chi connectivity index (χ0) is 13.1. The lowest BCUT2D eigenvalue weighted by Gasteiger charge is -2.20. The van der Waals surface area contributed by atoms with Crippen molar-refractivity contribution in [2.45, 2.75) is 25.8 Å². The molecule has 1 aromatic heterocycles. The van der Waals surface area contributed by atoms with E-state index in [1.165, 1.54) is 7.11 Å². The van der Waals surface area contributed by atoms with Gasteiger partial charge in [0.05, 0.1) is 7.11 Å². The molecule has 98 valence electrons. The van der Waals surface area contributed by atoms with E-state index in [0.29, 0.717) is 18.4 Å². The molecule has 1 saturated carbocycles. The van der Waals surface area contributed by atoms with Gasteiger partial charge >= 0.3 is 5.97 Å². The van der Waals surface area contributed by atoms with Crippen molar-refractivity contribution in [2.24, 2.45) is 0 Å². The molecule has 1 aliphatic rings. The number of hydrogen-bond acceptors (Lipinski definition) is 5. The third-order valence-electron chi connectivity index (χ3n) is 3.02. The molecule has 6 heteroatoms. The molecular weight excluding hydrogens is 234 g/mol. The van der Waals surface area contributed by atoms with Gasteiger partial charge in [-0.05, 0) is 19.8 Å². The fourth-order valence-corrected chi connectivity index (χ4v) is 1.83. The maximum absolute atomic E-state index is 12.2. The number of likely N-dealkylation sites (N-methyl/N-ethyl adjacent to an activating group) is 1. The van der Waals surface area contributed by atoms with Gasteiger partial charge in [-0.15, -0.1) is 0 Å². The van der Waals surface area contributed by atoms with Gasteiger partial charge in [0, 0.05) is 25.0 Å². The number of carbonyl (C=O) groups excluding carboxylic acids is 1. The molecule has 1 heterocycles. The molecule has 0 aliphatic heterocycles. The van der Waals surface area contributed by atoms with Crippen molar-refractivity contribution >= 4 is 11.8 Å². The second-order valence-electron chi connectivity index (χ2n) is 4.28. The fourth-order valence-electron chi connectivity index (χ4n) is 1.83. The van der Waals surface area contributed by atoms with Crippen LogP contribution in [0.15, 0.2) is 17.2 Å².